The van der Waals surface area contributed by atoms with E-state index in [4.69, 9.17) is 2.84 Å². The van der Waals surface area contributed by atoms with Crippen LogP contribution in [0.2, 0.25) is 5.79 Å². The van der Waals surface area contributed by atoms with Crippen molar-refractivity contribution in [3.63, 3.8) is 0 Å². The Morgan fingerprint density at radius 1 is 0.380 bits per heavy atom. The monoisotopic (exact) mass is 922 g/mol. The molecule has 0 heterocycles. The van der Waals surface area contributed by atoms with Crippen LogP contribution in [0.25, 0.3) is 0 Å². The van der Waals surface area contributed by atoms with Crippen molar-refractivity contribution in [1.82, 2.24) is 0 Å². The van der Waals surface area contributed by atoms with Gasteiger partial charge in [0.25, 0.3) is 0 Å². The standard InChI is InChI=1S/2C18H15P.C6H5.CH3.2Al.I.O.Pd.3H/c2*1-4-10-16(11-5-1)19(17-12-6-2-7-13-17)18-14-8-3-9-15-18;1-2-4-6-5-3-1;;;;;;;;;/h2*1-15H;1-5H;1H3;;;;;;;;. The van der Waals surface area contributed by atoms with Gasteiger partial charge in [0.2, 0.25) is 0 Å². The Kier molecular flexibility index (Phi) is 21.7. The molecule has 0 fully saturated rings. The summed E-state index contributed by atoms with van der Waals surface area (Å²) in [7, 11) is -0.892. The molecule has 0 atom stereocenters. The van der Waals surface area contributed by atoms with Crippen molar-refractivity contribution < 1.29 is 22.0 Å². The number of halogens is 1. The quantitative estimate of drug-likeness (QED) is 0.0912. The molecule has 0 aliphatic heterocycles. The summed E-state index contributed by atoms with van der Waals surface area (Å²) in [6.45, 7) is 0. The molecular weight excluding hydrogens is 882 g/mol. The van der Waals surface area contributed by atoms with E-state index in [1.165, 1.54) is 35.9 Å². The van der Waals surface area contributed by atoms with Crippen molar-refractivity contribution in [2.45, 2.75) is 5.79 Å². The van der Waals surface area contributed by atoms with Crippen LogP contribution in [0.1, 0.15) is 0 Å². The van der Waals surface area contributed by atoms with Crippen LogP contribution in [0.4, 0.5) is 0 Å². The molecule has 0 aromatic heterocycles. The second kappa shape index (κ2) is 25.7. The third kappa shape index (κ3) is 14.8. The number of hydrogen-bond donors (Lipinski definition) is 0. The number of benzene rings is 7. The third-order valence-corrected chi connectivity index (χ3v) is 14.8. The Morgan fingerprint density at radius 2 is 0.540 bits per heavy atom. The predicted molar refractivity (Wildman–Crippen MR) is 233 cm³/mol. The molecule has 0 saturated carbocycles. The van der Waals surface area contributed by atoms with E-state index in [0.29, 0.717) is 0 Å². The van der Waals surface area contributed by atoms with Gasteiger partial charge in [0, 0.05) is 24.0 Å². The summed E-state index contributed by atoms with van der Waals surface area (Å²) in [5.41, 5.74) is 0. The normalized spacial score (nSPS) is 9.78. The van der Waals surface area contributed by atoms with E-state index >= 15 is 0 Å². The van der Waals surface area contributed by atoms with Crippen LogP contribution in [0.15, 0.2) is 212 Å². The van der Waals surface area contributed by atoms with Gasteiger partial charge in [-0.15, -0.1) is 0 Å². The van der Waals surface area contributed by atoms with Crippen LogP contribution in [-0.4, -0.2) is 32.2 Å². The SMILES string of the molecule is [CH3][AlH][O][AlH2].[I].[Pd][c]1ccccc1.c1ccc(P(c2ccccc2)c2ccccc2)cc1.c1ccc(P(c2ccccc2)c2ccccc2)cc1. The summed E-state index contributed by atoms with van der Waals surface area (Å²) in [6, 6.07) is 74.7. The van der Waals surface area contributed by atoms with Gasteiger partial charge in [-0.2, -0.15) is 0 Å². The van der Waals surface area contributed by atoms with Gasteiger partial charge in [-0.05, 0) is 47.7 Å². The second-order valence-electron chi connectivity index (χ2n) is 10.5. The van der Waals surface area contributed by atoms with Gasteiger partial charge in [0.15, 0.2) is 0 Å². The first kappa shape index (κ1) is 42.2. The molecule has 0 aliphatic rings. The summed E-state index contributed by atoms with van der Waals surface area (Å²) in [4.78, 5) is 0. The zero-order valence-electron chi connectivity index (χ0n) is 28.4. The van der Waals surface area contributed by atoms with E-state index in [2.05, 4.69) is 207 Å². The van der Waals surface area contributed by atoms with E-state index in [-0.39, 0.29) is 39.5 Å². The summed E-state index contributed by atoms with van der Waals surface area (Å²) in [6.07, 6.45) is 0. The molecule has 7 rings (SSSR count). The summed E-state index contributed by atoms with van der Waals surface area (Å²) < 4.78 is 5.99. The molecule has 50 heavy (non-hydrogen) atoms. The maximum atomic E-state index is 4.82. The maximum Gasteiger partial charge on any atom is -0.0134 e. The molecule has 7 heteroatoms. The van der Waals surface area contributed by atoms with E-state index in [1.54, 1.807) is 0 Å². The van der Waals surface area contributed by atoms with Crippen LogP contribution in [0.5, 0.6) is 0 Å². The zero-order valence-corrected chi connectivity index (χ0v) is 37.3. The van der Waals surface area contributed by atoms with Crippen LogP contribution >= 0.6 is 39.8 Å². The molecule has 0 amide bonds. The molecule has 0 bridgehead atoms. The van der Waals surface area contributed by atoms with Crippen LogP contribution < -0.4 is 35.9 Å². The first-order valence-corrected chi connectivity index (χ1v) is 22.5. The van der Waals surface area contributed by atoms with E-state index in [1.807, 2.05) is 30.3 Å². The Bertz CT molecular complexity index is 1520. The minimum absolute atomic E-state index is 0. The topological polar surface area (TPSA) is 9.23 Å². The fraction of sp³-hybridized carbons (Fsp3) is 0.0233. The Hall–Kier alpha value is -2.18. The minimum atomic E-state index is -0.446. The maximum absolute atomic E-state index is 4.82. The summed E-state index contributed by atoms with van der Waals surface area (Å²) in [5, 5.41) is 8.39. The number of rotatable bonds is 7. The Balaban J connectivity index is 0.000000206. The van der Waals surface area contributed by atoms with E-state index in [0.717, 1.165) is 16.6 Å². The van der Waals surface area contributed by atoms with E-state index in [9.17, 15) is 0 Å². The molecule has 0 unspecified atom stereocenters. The predicted octanol–water partition coefficient (Wildman–Crippen LogP) is 7.58. The minimum Gasteiger partial charge on any atom is -0.0622 e. The summed E-state index contributed by atoms with van der Waals surface area (Å²) in [5.74, 6) is 2.13. The van der Waals surface area contributed by atoms with Gasteiger partial charge in [0.1, 0.15) is 0 Å². The van der Waals surface area contributed by atoms with Crippen LogP contribution in [0.3, 0.4) is 0 Å². The fourth-order valence-corrected chi connectivity index (χ4v) is 9.67. The van der Waals surface area contributed by atoms with Gasteiger partial charge < -0.3 is 2.84 Å². The molecule has 0 N–H and O–H groups in total. The Labute approximate surface area is 344 Å². The van der Waals surface area contributed by atoms with Crippen molar-refractivity contribution in [3.8, 4) is 0 Å². The first-order valence-electron chi connectivity index (χ1n) is 16.3. The van der Waals surface area contributed by atoms with Crippen molar-refractivity contribution in [2.24, 2.45) is 0 Å². The smallest absolute Gasteiger partial charge is 0.0134 e. The molecule has 0 aliphatic carbocycles. The van der Waals surface area contributed by atoms with Gasteiger partial charge in [0.05, 0.1) is 0 Å². The molecular formula is C43H41Al2IOP2Pd. The van der Waals surface area contributed by atoms with Crippen LogP contribution in [0, 0.1) is 0 Å². The van der Waals surface area contributed by atoms with Gasteiger partial charge in [-0.3, -0.25) is 0 Å². The third-order valence-electron chi connectivity index (χ3n) is 7.09. The average Bonchev–Trinajstić information content (AvgIpc) is 3.19. The molecule has 7 aromatic rings. The van der Waals surface area contributed by atoms with Crippen molar-refractivity contribution in [2.75, 3.05) is 0 Å². The van der Waals surface area contributed by atoms with Crippen LogP contribution in [-0.2, 0) is 22.0 Å². The van der Waals surface area contributed by atoms with Gasteiger partial charge >= 0.3 is 85.7 Å². The van der Waals surface area contributed by atoms with Gasteiger partial charge in [-0.1, -0.05) is 188 Å². The van der Waals surface area contributed by atoms with Crippen molar-refractivity contribution in [3.05, 3.63) is 212 Å². The van der Waals surface area contributed by atoms with Crippen molar-refractivity contribution >= 4 is 108 Å². The molecule has 252 valence electrons. The average molecular weight is 923 g/mol. The first-order chi connectivity index (χ1) is 24.2. The molecule has 1 radical (unpaired) electrons. The summed E-state index contributed by atoms with van der Waals surface area (Å²) >= 11 is 4.00. The molecule has 1 nitrogen and oxygen atoms in total. The van der Waals surface area contributed by atoms with E-state index < -0.39 is 15.8 Å². The molecule has 0 spiro atoms. The zero-order chi connectivity index (χ0) is 34.4. The Morgan fingerprint density at radius 3 is 0.660 bits per heavy atom. The molecule has 7 aromatic carbocycles. The largest absolute Gasteiger partial charge is 0.0622 e. The second-order valence-corrected chi connectivity index (χ2v) is 18.7. The number of hydrogen-bond acceptors (Lipinski definition) is 1. The fourth-order valence-electron chi connectivity index (χ4n) is 4.76. The van der Waals surface area contributed by atoms with Crippen molar-refractivity contribution in [1.29, 1.82) is 0 Å². The molecule has 0 saturated heterocycles. The van der Waals surface area contributed by atoms with Gasteiger partial charge in [-0.25, -0.2) is 0 Å².